The molecule has 1 aromatic carbocycles. The lowest BCUT2D eigenvalue weighted by molar-refractivity contribution is 0.0774. The van der Waals surface area contributed by atoms with E-state index >= 15 is 0 Å². The van der Waals surface area contributed by atoms with Crippen LogP contribution >= 0.6 is 0 Å². The summed E-state index contributed by atoms with van der Waals surface area (Å²) < 4.78 is 33.0. The van der Waals surface area contributed by atoms with Crippen molar-refractivity contribution in [2.24, 2.45) is 0 Å². The predicted octanol–water partition coefficient (Wildman–Crippen LogP) is 1.97. The Hall–Kier alpha value is -1.11. The fraction of sp³-hybridized carbons (Fsp3) is 0.571. The molecular formula is C14H22N2O3S. The Kier molecular flexibility index (Phi) is 5.39. The van der Waals surface area contributed by atoms with Gasteiger partial charge in [-0.1, -0.05) is 19.1 Å². The van der Waals surface area contributed by atoms with Crippen molar-refractivity contribution in [1.29, 1.82) is 0 Å². The smallest absolute Gasteiger partial charge is 0.242 e. The van der Waals surface area contributed by atoms with Gasteiger partial charge in [-0.2, -0.15) is 0 Å². The number of hydrogen-bond acceptors (Lipinski definition) is 4. The van der Waals surface area contributed by atoms with Crippen molar-refractivity contribution in [1.82, 2.24) is 4.72 Å². The summed E-state index contributed by atoms with van der Waals surface area (Å²) >= 11 is 0. The maximum absolute atomic E-state index is 12.5. The number of ether oxygens (including phenoxy) is 1. The Labute approximate surface area is 120 Å². The molecular weight excluding hydrogens is 276 g/mol. The SMILES string of the molecule is CCCNc1ccccc1S(=O)(=O)NC1CCCOC1. The molecule has 0 aromatic heterocycles. The minimum atomic E-state index is -3.51. The summed E-state index contributed by atoms with van der Waals surface area (Å²) in [6.45, 7) is 3.96. The third kappa shape index (κ3) is 3.94. The minimum Gasteiger partial charge on any atom is -0.384 e. The number of nitrogens with one attached hydrogen (secondary N) is 2. The third-order valence-electron chi connectivity index (χ3n) is 3.22. The lowest BCUT2D eigenvalue weighted by Gasteiger charge is -2.23. The second-order valence-corrected chi connectivity index (χ2v) is 6.64. The van der Waals surface area contributed by atoms with Crippen molar-refractivity contribution in [3.05, 3.63) is 24.3 Å². The van der Waals surface area contributed by atoms with Gasteiger partial charge >= 0.3 is 0 Å². The lowest BCUT2D eigenvalue weighted by atomic mass is 10.1. The molecule has 1 aromatic rings. The Morgan fingerprint density at radius 1 is 1.35 bits per heavy atom. The molecule has 112 valence electrons. The summed E-state index contributed by atoms with van der Waals surface area (Å²) in [6, 6.07) is 6.86. The molecule has 0 spiro atoms. The molecule has 1 atom stereocenters. The summed E-state index contributed by atoms with van der Waals surface area (Å²) in [5, 5.41) is 3.16. The van der Waals surface area contributed by atoms with Crippen LogP contribution in [-0.4, -0.2) is 34.2 Å². The van der Waals surface area contributed by atoms with Gasteiger partial charge in [-0.25, -0.2) is 13.1 Å². The zero-order chi connectivity index (χ0) is 14.4. The first kappa shape index (κ1) is 15.3. The molecule has 0 amide bonds. The second-order valence-electron chi connectivity index (χ2n) is 4.96. The largest absolute Gasteiger partial charge is 0.384 e. The van der Waals surface area contributed by atoms with Crippen LogP contribution in [0.1, 0.15) is 26.2 Å². The van der Waals surface area contributed by atoms with Crippen molar-refractivity contribution in [3.63, 3.8) is 0 Å². The van der Waals surface area contributed by atoms with Crippen LogP contribution in [0.2, 0.25) is 0 Å². The Balaban J connectivity index is 2.15. The zero-order valence-electron chi connectivity index (χ0n) is 11.8. The monoisotopic (exact) mass is 298 g/mol. The topological polar surface area (TPSA) is 67.4 Å². The molecule has 1 unspecified atom stereocenters. The van der Waals surface area contributed by atoms with E-state index in [9.17, 15) is 8.42 Å². The quantitative estimate of drug-likeness (QED) is 0.842. The highest BCUT2D eigenvalue weighted by Crippen LogP contribution is 2.21. The standard InChI is InChI=1S/C14H22N2O3S/c1-2-9-15-13-7-3-4-8-14(13)20(17,18)16-12-6-5-10-19-11-12/h3-4,7-8,12,15-16H,2,5-6,9-11H2,1H3. The molecule has 0 aliphatic carbocycles. The molecule has 1 aliphatic rings. The summed E-state index contributed by atoms with van der Waals surface area (Å²) in [7, 11) is -3.51. The first-order valence-electron chi connectivity index (χ1n) is 7.06. The number of sulfonamides is 1. The van der Waals surface area contributed by atoms with Gasteiger partial charge in [0.05, 0.1) is 12.3 Å². The van der Waals surface area contributed by atoms with E-state index in [-0.39, 0.29) is 6.04 Å². The number of benzene rings is 1. The molecule has 1 saturated heterocycles. The van der Waals surface area contributed by atoms with Crippen LogP contribution in [-0.2, 0) is 14.8 Å². The summed E-state index contributed by atoms with van der Waals surface area (Å²) in [4.78, 5) is 0.305. The van der Waals surface area contributed by atoms with Crippen LogP contribution < -0.4 is 10.0 Å². The average molecular weight is 298 g/mol. The van der Waals surface area contributed by atoms with E-state index in [0.29, 0.717) is 23.8 Å². The van der Waals surface area contributed by atoms with Crippen LogP contribution in [0.15, 0.2) is 29.2 Å². The van der Waals surface area contributed by atoms with Crippen LogP contribution in [0, 0.1) is 0 Å². The van der Waals surface area contributed by atoms with Crippen molar-refractivity contribution >= 4 is 15.7 Å². The highest BCUT2D eigenvalue weighted by molar-refractivity contribution is 7.89. The van der Waals surface area contributed by atoms with Crippen molar-refractivity contribution < 1.29 is 13.2 Å². The van der Waals surface area contributed by atoms with E-state index in [1.807, 2.05) is 13.0 Å². The molecule has 2 rings (SSSR count). The summed E-state index contributed by atoms with van der Waals surface area (Å²) in [5.74, 6) is 0. The first-order valence-corrected chi connectivity index (χ1v) is 8.55. The van der Waals surface area contributed by atoms with E-state index in [1.54, 1.807) is 18.2 Å². The Morgan fingerprint density at radius 3 is 2.85 bits per heavy atom. The van der Waals surface area contributed by atoms with Gasteiger partial charge in [-0.15, -0.1) is 0 Å². The summed E-state index contributed by atoms with van der Waals surface area (Å²) in [6.07, 6.45) is 2.66. The molecule has 5 nitrogen and oxygen atoms in total. The van der Waals surface area contributed by atoms with Crippen LogP contribution in [0.3, 0.4) is 0 Å². The number of rotatable bonds is 6. The van der Waals surface area contributed by atoms with Gasteiger partial charge in [0.15, 0.2) is 0 Å². The van der Waals surface area contributed by atoms with Gasteiger partial charge < -0.3 is 10.1 Å². The Morgan fingerprint density at radius 2 is 2.15 bits per heavy atom. The van der Waals surface area contributed by atoms with Gasteiger partial charge in [-0.3, -0.25) is 0 Å². The maximum Gasteiger partial charge on any atom is 0.242 e. The number of para-hydroxylation sites is 1. The average Bonchev–Trinajstić information content (AvgIpc) is 2.46. The van der Waals surface area contributed by atoms with Gasteiger partial charge in [0.2, 0.25) is 10.0 Å². The van der Waals surface area contributed by atoms with Gasteiger partial charge in [-0.05, 0) is 31.4 Å². The second kappa shape index (κ2) is 7.06. The number of hydrogen-bond donors (Lipinski definition) is 2. The normalized spacial score (nSPS) is 19.8. The third-order valence-corrected chi connectivity index (χ3v) is 4.80. The zero-order valence-corrected chi connectivity index (χ0v) is 12.6. The molecule has 6 heteroatoms. The highest BCUT2D eigenvalue weighted by Gasteiger charge is 2.24. The highest BCUT2D eigenvalue weighted by atomic mass is 32.2. The number of anilines is 1. The van der Waals surface area contributed by atoms with E-state index in [0.717, 1.165) is 25.8 Å². The fourth-order valence-corrected chi connectivity index (χ4v) is 3.66. The molecule has 0 bridgehead atoms. The molecule has 20 heavy (non-hydrogen) atoms. The van der Waals surface area contributed by atoms with Crippen LogP contribution in [0.25, 0.3) is 0 Å². The van der Waals surface area contributed by atoms with Crippen molar-refractivity contribution in [3.8, 4) is 0 Å². The van der Waals surface area contributed by atoms with Crippen molar-refractivity contribution in [2.45, 2.75) is 37.1 Å². The van der Waals surface area contributed by atoms with E-state index in [1.165, 1.54) is 0 Å². The van der Waals surface area contributed by atoms with Gasteiger partial charge in [0.1, 0.15) is 4.90 Å². The van der Waals surface area contributed by atoms with E-state index in [2.05, 4.69) is 10.0 Å². The summed E-state index contributed by atoms with van der Waals surface area (Å²) in [5.41, 5.74) is 0.651. The fourth-order valence-electron chi connectivity index (χ4n) is 2.22. The lowest BCUT2D eigenvalue weighted by Crippen LogP contribution is -2.40. The molecule has 1 heterocycles. The van der Waals surface area contributed by atoms with Crippen molar-refractivity contribution in [2.75, 3.05) is 25.1 Å². The van der Waals surface area contributed by atoms with Crippen LogP contribution in [0.5, 0.6) is 0 Å². The molecule has 2 N–H and O–H groups in total. The first-order chi connectivity index (χ1) is 9.63. The van der Waals surface area contributed by atoms with E-state index in [4.69, 9.17) is 4.74 Å². The molecule has 0 radical (unpaired) electrons. The molecule has 0 saturated carbocycles. The molecule has 1 aliphatic heterocycles. The van der Waals surface area contributed by atoms with Gasteiger partial charge in [0, 0.05) is 19.2 Å². The maximum atomic E-state index is 12.5. The van der Waals surface area contributed by atoms with Crippen LogP contribution in [0.4, 0.5) is 5.69 Å². The predicted molar refractivity (Wildman–Crippen MR) is 79.4 cm³/mol. The molecule has 1 fully saturated rings. The van der Waals surface area contributed by atoms with E-state index < -0.39 is 10.0 Å². The van der Waals surface area contributed by atoms with Gasteiger partial charge in [0.25, 0.3) is 0 Å². The minimum absolute atomic E-state index is 0.131. The Bertz CT molecular complexity index is 525.